The molecule has 1 saturated carbocycles. The predicted octanol–water partition coefficient (Wildman–Crippen LogP) is 2.29. The van der Waals surface area contributed by atoms with Crippen molar-refractivity contribution in [2.75, 3.05) is 0 Å². The Kier molecular flexibility index (Phi) is 2.85. The molecule has 1 aliphatic rings. The summed E-state index contributed by atoms with van der Waals surface area (Å²) in [6, 6.07) is 0. The number of hydrogen-bond acceptors (Lipinski definition) is 3. The van der Waals surface area contributed by atoms with Gasteiger partial charge in [0.15, 0.2) is 0 Å². The zero-order valence-corrected chi connectivity index (χ0v) is 9.45. The Bertz CT molecular complexity index is 345. The normalized spacial score (nSPS) is 27.5. The molecule has 15 heavy (non-hydrogen) atoms. The molecule has 2 atom stereocenters. The fourth-order valence-corrected chi connectivity index (χ4v) is 2.27. The molecule has 1 rings (SSSR count). The van der Waals surface area contributed by atoms with Crippen LogP contribution in [0, 0.1) is 11.3 Å². The van der Waals surface area contributed by atoms with Gasteiger partial charge in [0, 0.05) is 0 Å². The lowest BCUT2D eigenvalue weighted by Gasteiger charge is -2.15. The molecule has 0 bridgehead atoms. The molecule has 1 fully saturated rings. The zero-order chi connectivity index (χ0) is 12.1. The highest BCUT2D eigenvalue weighted by Crippen LogP contribution is 2.54. The van der Waals surface area contributed by atoms with Gasteiger partial charge in [0.05, 0.1) is 6.10 Å². The van der Waals surface area contributed by atoms with Crippen molar-refractivity contribution in [1.82, 2.24) is 0 Å². The molecule has 0 saturated heterocycles. The minimum atomic E-state index is -5.45. The molecule has 0 heterocycles. The fraction of sp³-hybridized carbons (Fsp3) is 1.00. The van der Waals surface area contributed by atoms with Crippen molar-refractivity contribution in [2.24, 2.45) is 11.3 Å². The first-order chi connectivity index (χ1) is 6.47. The van der Waals surface area contributed by atoms with Crippen molar-refractivity contribution in [3.63, 3.8) is 0 Å². The van der Waals surface area contributed by atoms with Gasteiger partial charge in [-0.3, -0.25) is 4.18 Å². The van der Waals surface area contributed by atoms with Crippen LogP contribution in [0.25, 0.3) is 0 Å². The number of alkyl halides is 3. The zero-order valence-electron chi connectivity index (χ0n) is 8.63. The quantitative estimate of drug-likeness (QED) is 0.567. The monoisotopic (exact) mass is 246 g/mol. The van der Waals surface area contributed by atoms with Gasteiger partial charge in [-0.25, -0.2) is 0 Å². The summed E-state index contributed by atoms with van der Waals surface area (Å²) < 4.78 is 61.3. The summed E-state index contributed by atoms with van der Waals surface area (Å²) in [4.78, 5) is 0. The smallest absolute Gasteiger partial charge is 0.260 e. The van der Waals surface area contributed by atoms with Gasteiger partial charge in [-0.15, -0.1) is 0 Å². The van der Waals surface area contributed by atoms with Crippen LogP contribution in [0.15, 0.2) is 0 Å². The largest absolute Gasteiger partial charge is 0.523 e. The Labute approximate surface area is 86.7 Å². The van der Waals surface area contributed by atoms with Crippen molar-refractivity contribution in [3.05, 3.63) is 0 Å². The van der Waals surface area contributed by atoms with Crippen LogP contribution >= 0.6 is 0 Å². The Hall–Kier alpha value is -0.300. The molecule has 3 nitrogen and oxygen atoms in total. The van der Waals surface area contributed by atoms with Gasteiger partial charge in [-0.1, -0.05) is 13.8 Å². The molecule has 0 aromatic heterocycles. The second-order valence-corrected chi connectivity index (χ2v) is 6.06. The van der Waals surface area contributed by atoms with E-state index in [0.717, 1.165) is 0 Å². The lowest BCUT2D eigenvalue weighted by Crippen LogP contribution is -2.30. The Morgan fingerprint density at radius 1 is 1.40 bits per heavy atom. The molecule has 0 aromatic carbocycles. The van der Waals surface area contributed by atoms with Gasteiger partial charge in [0.1, 0.15) is 0 Å². The molecule has 0 N–H and O–H groups in total. The van der Waals surface area contributed by atoms with Crippen molar-refractivity contribution in [1.29, 1.82) is 0 Å². The van der Waals surface area contributed by atoms with Crippen LogP contribution in [0.4, 0.5) is 13.2 Å². The molecule has 90 valence electrons. The molecule has 0 spiro atoms. The van der Waals surface area contributed by atoms with Crippen molar-refractivity contribution >= 4 is 10.1 Å². The molecular formula is C8H13F3O3S. The second kappa shape index (κ2) is 3.35. The Morgan fingerprint density at radius 2 is 1.80 bits per heavy atom. The first-order valence-corrected chi connectivity index (χ1v) is 5.88. The van der Waals surface area contributed by atoms with Gasteiger partial charge in [0.25, 0.3) is 0 Å². The van der Waals surface area contributed by atoms with E-state index in [1.807, 2.05) is 13.8 Å². The first-order valence-electron chi connectivity index (χ1n) is 4.47. The number of halogens is 3. The fourth-order valence-electron chi connectivity index (χ4n) is 1.63. The minimum Gasteiger partial charge on any atom is -0.260 e. The summed E-state index contributed by atoms with van der Waals surface area (Å²) in [5, 5.41) is 0. The van der Waals surface area contributed by atoms with E-state index in [9.17, 15) is 21.6 Å². The van der Waals surface area contributed by atoms with E-state index in [1.54, 1.807) is 0 Å². The average molecular weight is 246 g/mol. The SMILES string of the molecule is CC(OS(=O)(=O)C(F)(F)F)C1CC1(C)C. The molecular weight excluding hydrogens is 233 g/mol. The second-order valence-electron chi connectivity index (χ2n) is 4.50. The third-order valence-electron chi connectivity index (χ3n) is 2.72. The molecule has 0 aliphatic heterocycles. The summed E-state index contributed by atoms with van der Waals surface area (Å²) >= 11 is 0. The predicted molar refractivity (Wildman–Crippen MR) is 47.4 cm³/mol. The van der Waals surface area contributed by atoms with E-state index in [2.05, 4.69) is 4.18 Å². The summed E-state index contributed by atoms with van der Waals surface area (Å²) in [7, 11) is -5.45. The highest BCUT2D eigenvalue weighted by Gasteiger charge is 2.54. The molecule has 7 heteroatoms. The topological polar surface area (TPSA) is 43.4 Å². The number of hydrogen-bond donors (Lipinski definition) is 0. The van der Waals surface area contributed by atoms with E-state index in [1.165, 1.54) is 6.92 Å². The van der Waals surface area contributed by atoms with Crippen molar-refractivity contribution in [3.8, 4) is 0 Å². The molecule has 0 amide bonds. The minimum absolute atomic E-state index is 0.124. The maximum Gasteiger partial charge on any atom is 0.523 e. The van der Waals surface area contributed by atoms with E-state index < -0.39 is 21.7 Å². The summed E-state index contributed by atoms with van der Waals surface area (Å²) in [5.74, 6) is -0.130. The maximum absolute atomic E-state index is 12.0. The third-order valence-corrected chi connectivity index (χ3v) is 3.84. The van der Waals surface area contributed by atoms with Crippen LogP contribution in [0.1, 0.15) is 27.2 Å². The first kappa shape index (κ1) is 12.8. The highest BCUT2D eigenvalue weighted by atomic mass is 32.2. The van der Waals surface area contributed by atoms with Gasteiger partial charge in [-0.2, -0.15) is 21.6 Å². The number of rotatable bonds is 3. The van der Waals surface area contributed by atoms with Crippen LogP contribution in [0.5, 0.6) is 0 Å². The standard InChI is InChI=1S/C8H13F3O3S/c1-5(6-4-7(6,2)3)14-15(12,13)8(9,10)11/h5-6H,4H2,1-3H3. The van der Waals surface area contributed by atoms with Crippen LogP contribution in [-0.2, 0) is 14.3 Å². The van der Waals surface area contributed by atoms with Crippen LogP contribution in [-0.4, -0.2) is 20.0 Å². The third kappa shape index (κ3) is 2.63. The lowest BCUT2D eigenvalue weighted by molar-refractivity contribution is -0.0577. The lowest BCUT2D eigenvalue weighted by atomic mass is 10.1. The van der Waals surface area contributed by atoms with Crippen LogP contribution < -0.4 is 0 Å². The van der Waals surface area contributed by atoms with Crippen LogP contribution in [0.3, 0.4) is 0 Å². The van der Waals surface area contributed by atoms with E-state index in [-0.39, 0.29) is 11.3 Å². The highest BCUT2D eigenvalue weighted by molar-refractivity contribution is 7.87. The van der Waals surface area contributed by atoms with E-state index in [4.69, 9.17) is 0 Å². The summed E-state index contributed by atoms with van der Waals surface area (Å²) in [6.07, 6.45) is -0.242. The summed E-state index contributed by atoms with van der Waals surface area (Å²) in [5.41, 5.74) is -5.46. The molecule has 0 aromatic rings. The van der Waals surface area contributed by atoms with Crippen LogP contribution in [0.2, 0.25) is 0 Å². The molecule has 1 aliphatic carbocycles. The van der Waals surface area contributed by atoms with Gasteiger partial charge < -0.3 is 0 Å². The van der Waals surface area contributed by atoms with Gasteiger partial charge >= 0.3 is 15.6 Å². The Balaban J connectivity index is 2.64. The van der Waals surface area contributed by atoms with Gasteiger partial charge in [-0.05, 0) is 24.7 Å². The van der Waals surface area contributed by atoms with Gasteiger partial charge in [0.2, 0.25) is 0 Å². The van der Waals surface area contributed by atoms with Crippen molar-refractivity contribution < 1.29 is 25.8 Å². The van der Waals surface area contributed by atoms with Crippen molar-refractivity contribution in [2.45, 2.75) is 38.8 Å². The average Bonchev–Trinajstić information content (AvgIpc) is 2.56. The molecule has 2 unspecified atom stereocenters. The Morgan fingerprint density at radius 3 is 2.07 bits per heavy atom. The molecule has 0 radical (unpaired) electrons. The van der Waals surface area contributed by atoms with E-state index >= 15 is 0 Å². The van der Waals surface area contributed by atoms with E-state index in [0.29, 0.717) is 6.42 Å². The summed E-state index contributed by atoms with van der Waals surface area (Å²) in [6.45, 7) is 5.07. The maximum atomic E-state index is 12.0.